The molecule has 3 N–H and O–H groups in total. The van der Waals surface area contributed by atoms with Gasteiger partial charge in [-0.15, -0.1) is 0 Å². The van der Waals surface area contributed by atoms with Gasteiger partial charge in [0.05, 0.1) is 9.99 Å². The predicted molar refractivity (Wildman–Crippen MR) is 138 cm³/mol. The number of rotatable bonds is 7. The molecule has 1 aliphatic carbocycles. The Hall–Kier alpha value is -1.90. The van der Waals surface area contributed by atoms with E-state index in [1.165, 1.54) is 0 Å². The highest BCUT2D eigenvalue weighted by Gasteiger charge is 2.22. The molecule has 0 aliphatic heterocycles. The average molecular weight is 563 g/mol. The first-order valence-corrected chi connectivity index (χ1v) is 12.6. The molecule has 4 rings (SSSR count). The molecule has 1 fully saturated rings. The topological polar surface area (TPSA) is 73.3 Å². The third kappa shape index (κ3) is 5.53. The molecule has 3 aromatic rings. The van der Waals surface area contributed by atoms with Crippen LogP contribution in [0.5, 0.6) is 5.75 Å². The minimum Gasteiger partial charge on any atom is -0.506 e. The van der Waals surface area contributed by atoms with Gasteiger partial charge in [-0.25, -0.2) is 4.98 Å². The van der Waals surface area contributed by atoms with Crippen molar-refractivity contribution in [3.05, 3.63) is 50.9 Å². The lowest BCUT2D eigenvalue weighted by atomic mass is 9.86. The molecule has 0 atom stereocenters. The Morgan fingerprint density at radius 1 is 1.06 bits per heavy atom. The van der Waals surface area contributed by atoms with Gasteiger partial charge >= 0.3 is 0 Å². The molecular formula is C24H29Br2N5O. The van der Waals surface area contributed by atoms with Crippen molar-refractivity contribution in [1.29, 1.82) is 0 Å². The number of para-hydroxylation sites is 1. The van der Waals surface area contributed by atoms with E-state index in [1.54, 1.807) is 0 Å². The van der Waals surface area contributed by atoms with E-state index in [0.717, 1.165) is 59.0 Å². The summed E-state index contributed by atoms with van der Waals surface area (Å²) in [6.45, 7) is 1.60. The molecule has 6 nitrogen and oxygen atoms in total. The molecule has 1 aliphatic rings. The summed E-state index contributed by atoms with van der Waals surface area (Å²) >= 11 is 6.88. The van der Waals surface area contributed by atoms with Crippen molar-refractivity contribution in [2.45, 2.75) is 38.3 Å². The molecule has 1 saturated carbocycles. The number of anilines is 2. The summed E-state index contributed by atoms with van der Waals surface area (Å²) in [5, 5.41) is 18.4. The zero-order valence-corrected chi connectivity index (χ0v) is 21.6. The highest BCUT2D eigenvalue weighted by atomic mass is 79.9. The van der Waals surface area contributed by atoms with E-state index in [1.807, 2.05) is 49.3 Å². The van der Waals surface area contributed by atoms with E-state index >= 15 is 0 Å². The summed E-state index contributed by atoms with van der Waals surface area (Å²) in [6.07, 6.45) is 4.53. The Bertz CT molecular complexity index is 1080. The molecular weight excluding hydrogens is 534 g/mol. The fourth-order valence-electron chi connectivity index (χ4n) is 4.32. The van der Waals surface area contributed by atoms with E-state index in [-0.39, 0.29) is 0 Å². The Morgan fingerprint density at radius 2 is 1.81 bits per heavy atom. The van der Waals surface area contributed by atoms with Gasteiger partial charge in [-0.2, -0.15) is 4.98 Å². The fourth-order valence-corrected chi connectivity index (χ4v) is 5.64. The Labute approximate surface area is 206 Å². The normalized spacial score (nSPS) is 18.6. The second kappa shape index (κ2) is 10.4. The average Bonchev–Trinajstić information content (AvgIpc) is 2.77. The summed E-state index contributed by atoms with van der Waals surface area (Å²) < 4.78 is 1.67. The lowest BCUT2D eigenvalue weighted by Gasteiger charge is -2.29. The van der Waals surface area contributed by atoms with Gasteiger partial charge in [0.1, 0.15) is 11.6 Å². The quantitative estimate of drug-likeness (QED) is 0.344. The van der Waals surface area contributed by atoms with Gasteiger partial charge in [0.15, 0.2) is 0 Å². The van der Waals surface area contributed by atoms with Crippen LogP contribution in [-0.2, 0) is 6.54 Å². The van der Waals surface area contributed by atoms with Crippen molar-refractivity contribution in [2.75, 3.05) is 30.9 Å². The second-order valence-corrected chi connectivity index (χ2v) is 10.4. The van der Waals surface area contributed by atoms with Crippen molar-refractivity contribution in [2.24, 2.45) is 5.92 Å². The maximum Gasteiger partial charge on any atom is 0.225 e. The number of halogens is 2. The van der Waals surface area contributed by atoms with Crippen molar-refractivity contribution in [3.8, 4) is 5.75 Å². The molecule has 0 spiro atoms. The number of phenols is 1. The van der Waals surface area contributed by atoms with E-state index in [2.05, 4.69) is 48.6 Å². The number of nitrogens with zero attached hydrogens (tertiary/aromatic N) is 3. The van der Waals surface area contributed by atoms with E-state index in [9.17, 15) is 5.11 Å². The maximum atomic E-state index is 10.2. The van der Waals surface area contributed by atoms with Crippen LogP contribution in [0, 0.1) is 5.92 Å². The Morgan fingerprint density at radius 3 is 2.56 bits per heavy atom. The van der Waals surface area contributed by atoms with Crippen molar-refractivity contribution in [1.82, 2.24) is 15.3 Å². The second-order valence-electron chi connectivity index (χ2n) is 8.67. The molecule has 2 aromatic carbocycles. The number of phenolic OH excluding ortho intramolecular Hbond substituents is 1. The SMILES string of the molecule is CN(C)c1nc(NC2CCC(CNCc3cc(Br)cc(Br)c3O)CC2)nc2ccccc12. The van der Waals surface area contributed by atoms with E-state index in [0.29, 0.717) is 34.7 Å². The lowest BCUT2D eigenvalue weighted by molar-refractivity contribution is 0.323. The highest BCUT2D eigenvalue weighted by molar-refractivity contribution is 9.11. The number of hydrogen-bond donors (Lipinski definition) is 3. The largest absolute Gasteiger partial charge is 0.506 e. The third-order valence-electron chi connectivity index (χ3n) is 6.04. The van der Waals surface area contributed by atoms with Crippen LogP contribution in [0.3, 0.4) is 0 Å². The molecule has 1 heterocycles. The minimum atomic E-state index is 0.307. The molecule has 0 amide bonds. The van der Waals surface area contributed by atoms with E-state index < -0.39 is 0 Å². The zero-order chi connectivity index (χ0) is 22.7. The summed E-state index contributed by atoms with van der Waals surface area (Å²) in [4.78, 5) is 11.6. The third-order valence-corrected chi connectivity index (χ3v) is 7.10. The lowest BCUT2D eigenvalue weighted by Crippen LogP contribution is -2.31. The van der Waals surface area contributed by atoms with Gasteiger partial charge < -0.3 is 20.6 Å². The number of fused-ring (bicyclic) bond motifs is 1. The molecule has 0 saturated heterocycles. The van der Waals surface area contributed by atoms with Gasteiger partial charge in [-0.3, -0.25) is 0 Å². The first kappa shape index (κ1) is 23.3. The highest BCUT2D eigenvalue weighted by Crippen LogP contribution is 2.32. The van der Waals surface area contributed by atoms with Gasteiger partial charge in [0.25, 0.3) is 0 Å². The standard InChI is InChI=1S/C24H29Br2N5O/c1-31(2)23-19-5-3-4-6-21(19)29-24(30-23)28-18-9-7-15(8-10-18)13-27-14-16-11-17(25)12-20(26)22(16)32/h3-6,11-12,15,18,27,32H,7-10,13-14H2,1-2H3,(H,28,29,30). The predicted octanol–water partition coefficient (Wildman–Crippen LogP) is 5.69. The minimum absolute atomic E-state index is 0.307. The number of hydrogen-bond acceptors (Lipinski definition) is 6. The molecule has 32 heavy (non-hydrogen) atoms. The molecule has 0 radical (unpaired) electrons. The van der Waals surface area contributed by atoms with Crippen LogP contribution in [0.1, 0.15) is 31.2 Å². The summed E-state index contributed by atoms with van der Waals surface area (Å²) in [5.41, 5.74) is 1.86. The summed E-state index contributed by atoms with van der Waals surface area (Å²) in [7, 11) is 4.03. The number of benzene rings is 2. The Kier molecular flexibility index (Phi) is 7.53. The molecule has 1 aromatic heterocycles. The smallest absolute Gasteiger partial charge is 0.225 e. The van der Waals surface area contributed by atoms with Crippen molar-refractivity contribution in [3.63, 3.8) is 0 Å². The van der Waals surface area contributed by atoms with Crippen LogP contribution in [0.2, 0.25) is 0 Å². The monoisotopic (exact) mass is 561 g/mol. The van der Waals surface area contributed by atoms with Gasteiger partial charge in [0, 0.05) is 42.1 Å². The maximum absolute atomic E-state index is 10.2. The van der Waals surface area contributed by atoms with E-state index in [4.69, 9.17) is 9.97 Å². The fraction of sp³-hybridized carbons (Fsp3) is 0.417. The summed E-state index contributed by atoms with van der Waals surface area (Å²) in [6, 6.07) is 12.4. The van der Waals surface area contributed by atoms with Crippen LogP contribution in [0.25, 0.3) is 10.9 Å². The summed E-state index contributed by atoms with van der Waals surface area (Å²) in [5.74, 6) is 2.60. The van der Waals surface area contributed by atoms with Gasteiger partial charge in [-0.05, 0) is 78.3 Å². The zero-order valence-electron chi connectivity index (χ0n) is 18.4. The number of aromatic nitrogens is 2. The number of nitrogens with one attached hydrogen (secondary N) is 2. The van der Waals surface area contributed by atoms with Gasteiger partial charge in [-0.1, -0.05) is 28.1 Å². The van der Waals surface area contributed by atoms with Crippen molar-refractivity contribution >= 4 is 54.5 Å². The van der Waals surface area contributed by atoms with Crippen LogP contribution in [0.15, 0.2) is 45.3 Å². The molecule has 8 heteroatoms. The van der Waals surface area contributed by atoms with Crippen LogP contribution in [-0.4, -0.2) is 41.8 Å². The van der Waals surface area contributed by atoms with Crippen LogP contribution >= 0.6 is 31.9 Å². The van der Waals surface area contributed by atoms with Crippen LogP contribution in [0.4, 0.5) is 11.8 Å². The van der Waals surface area contributed by atoms with Crippen LogP contribution < -0.4 is 15.5 Å². The van der Waals surface area contributed by atoms with Gasteiger partial charge in [0.2, 0.25) is 5.95 Å². The first-order valence-electron chi connectivity index (χ1n) is 11.0. The molecule has 0 bridgehead atoms. The Balaban J connectivity index is 1.30. The first-order chi connectivity index (χ1) is 15.4. The molecule has 170 valence electrons. The number of aromatic hydroxyl groups is 1. The molecule has 0 unspecified atom stereocenters. The van der Waals surface area contributed by atoms with Crippen molar-refractivity contribution < 1.29 is 5.11 Å².